The molecule has 5 heteroatoms. The predicted octanol–water partition coefficient (Wildman–Crippen LogP) is 2.41. The Morgan fingerprint density at radius 2 is 1.90 bits per heavy atom. The van der Waals surface area contributed by atoms with Crippen molar-refractivity contribution in [2.24, 2.45) is 0 Å². The Balaban J connectivity index is 2.23. The van der Waals surface area contributed by atoms with E-state index in [1.165, 1.54) is 6.08 Å². The number of imidazole rings is 1. The molecule has 0 aliphatic heterocycles. The molecule has 0 saturated carbocycles. The fraction of sp³-hybridized carbons (Fsp3) is 0. The van der Waals surface area contributed by atoms with Crippen LogP contribution < -0.4 is 0 Å². The van der Waals surface area contributed by atoms with Crippen molar-refractivity contribution in [2.75, 3.05) is 0 Å². The minimum absolute atomic E-state index is 0.550. The van der Waals surface area contributed by atoms with Gasteiger partial charge in [0, 0.05) is 12.3 Å². The van der Waals surface area contributed by atoms with E-state index in [2.05, 4.69) is 9.97 Å². The monoisotopic (exact) mass is 265 g/mol. The van der Waals surface area contributed by atoms with Gasteiger partial charge in [0.2, 0.25) is 0 Å². The van der Waals surface area contributed by atoms with Gasteiger partial charge in [-0.3, -0.25) is 4.57 Å². The summed E-state index contributed by atoms with van der Waals surface area (Å²) in [5.41, 5.74) is 2.70. The van der Waals surface area contributed by atoms with Crippen molar-refractivity contribution in [1.82, 2.24) is 14.5 Å². The van der Waals surface area contributed by atoms with Gasteiger partial charge in [0.25, 0.3) is 0 Å². The zero-order valence-corrected chi connectivity index (χ0v) is 10.5. The van der Waals surface area contributed by atoms with Crippen molar-refractivity contribution >= 4 is 22.8 Å². The third kappa shape index (κ3) is 2.16. The lowest BCUT2D eigenvalue weighted by Gasteiger charge is -2.09. The van der Waals surface area contributed by atoms with Gasteiger partial charge in [-0.25, -0.2) is 14.8 Å². The van der Waals surface area contributed by atoms with Crippen LogP contribution in [0, 0.1) is 0 Å². The van der Waals surface area contributed by atoms with Crippen LogP contribution in [0.4, 0.5) is 0 Å². The Kier molecular flexibility index (Phi) is 3.01. The summed E-state index contributed by atoms with van der Waals surface area (Å²) in [5, 5.41) is 9.09. The highest BCUT2D eigenvalue weighted by Crippen LogP contribution is 2.21. The quantitative estimate of drug-likeness (QED) is 0.738. The molecular weight excluding hydrogens is 254 g/mol. The largest absolute Gasteiger partial charge is 0.478 e. The normalized spacial score (nSPS) is 11.7. The van der Waals surface area contributed by atoms with Gasteiger partial charge in [0.05, 0.1) is 11.2 Å². The molecule has 1 aromatic carbocycles. The van der Waals surface area contributed by atoms with Crippen LogP contribution in [0.15, 0.2) is 61.1 Å². The van der Waals surface area contributed by atoms with Crippen LogP contribution in [0.3, 0.4) is 0 Å². The average molecular weight is 265 g/mol. The van der Waals surface area contributed by atoms with Crippen LogP contribution in [0.5, 0.6) is 0 Å². The molecule has 3 aromatic rings. The van der Waals surface area contributed by atoms with E-state index in [4.69, 9.17) is 5.11 Å². The minimum Gasteiger partial charge on any atom is -0.478 e. The van der Waals surface area contributed by atoms with Crippen molar-refractivity contribution in [1.29, 1.82) is 0 Å². The lowest BCUT2D eigenvalue weighted by molar-refractivity contribution is -0.131. The molecule has 5 nitrogen and oxygen atoms in total. The van der Waals surface area contributed by atoms with Gasteiger partial charge in [-0.05, 0) is 17.7 Å². The maximum Gasteiger partial charge on any atom is 0.330 e. The summed E-state index contributed by atoms with van der Waals surface area (Å²) >= 11 is 0. The van der Waals surface area contributed by atoms with Crippen molar-refractivity contribution in [3.8, 4) is 0 Å². The molecule has 98 valence electrons. The number of carboxylic acid groups (broad SMARTS) is 1. The van der Waals surface area contributed by atoms with Crippen LogP contribution >= 0.6 is 0 Å². The number of aliphatic carboxylic acids is 1. The summed E-state index contributed by atoms with van der Waals surface area (Å²) in [7, 11) is 0. The van der Waals surface area contributed by atoms with Crippen molar-refractivity contribution in [3.05, 3.63) is 66.6 Å². The molecule has 2 aromatic heterocycles. The number of carboxylic acids is 1. The third-order valence-corrected chi connectivity index (χ3v) is 2.91. The summed E-state index contributed by atoms with van der Waals surface area (Å²) in [6.07, 6.45) is 4.41. The SMILES string of the molecule is O=C(O)C=C(c1ccccc1)n1cnc2ncccc21. The van der Waals surface area contributed by atoms with Crippen molar-refractivity contribution in [3.63, 3.8) is 0 Å². The maximum atomic E-state index is 11.1. The molecule has 0 spiro atoms. The first-order valence-electron chi connectivity index (χ1n) is 6.04. The summed E-state index contributed by atoms with van der Waals surface area (Å²) in [6, 6.07) is 13.0. The summed E-state index contributed by atoms with van der Waals surface area (Å²) in [4.78, 5) is 19.4. The van der Waals surface area contributed by atoms with E-state index in [0.717, 1.165) is 11.1 Å². The number of hydrogen-bond donors (Lipinski definition) is 1. The smallest absolute Gasteiger partial charge is 0.330 e. The maximum absolute atomic E-state index is 11.1. The lowest BCUT2D eigenvalue weighted by Crippen LogP contribution is -2.01. The van der Waals surface area contributed by atoms with Crippen LogP contribution in [0.25, 0.3) is 16.9 Å². The van der Waals surface area contributed by atoms with Crippen LogP contribution in [-0.4, -0.2) is 25.6 Å². The van der Waals surface area contributed by atoms with E-state index >= 15 is 0 Å². The number of benzene rings is 1. The molecule has 0 aliphatic carbocycles. The molecule has 0 atom stereocenters. The van der Waals surface area contributed by atoms with Gasteiger partial charge < -0.3 is 5.11 Å². The number of nitrogens with zero attached hydrogens (tertiary/aromatic N) is 3. The van der Waals surface area contributed by atoms with Crippen LogP contribution in [0.2, 0.25) is 0 Å². The summed E-state index contributed by atoms with van der Waals surface area (Å²) in [6.45, 7) is 0. The van der Waals surface area contributed by atoms with E-state index < -0.39 is 5.97 Å². The summed E-state index contributed by atoms with van der Waals surface area (Å²) < 4.78 is 1.73. The van der Waals surface area contributed by atoms with E-state index in [9.17, 15) is 4.79 Å². The van der Waals surface area contributed by atoms with Crippen molar-refractivity contribution < 1.29 is 9.90 Å². The van der Waals surface area contributed by atoms with Gasteiger partial charge in [0.1, 0.15) is 6.33 Å². The molecule has 0 amide bonds. The zero-order chi connectivity index (χ0) is 13.9. The standard InChI is InChI=1S/C15H11N3O2/c19-14(20)9-13(11-5-2-1-3-6-11)18-10-17-15-12(18)7-4-8-16-15/h1-10H,(H,19,20). The second-order valence-electron chi connectivity index (χ2n) is 4.19. The van der Waals surface area contributed by atoms with Gasteiger partial charge in [0.15, 0.2) is 5.65 Å². The van der Waals surface area contributed by atoms with Gasteiger partial charge in [-0.15, -0.1) is 0 Å². The molecule has 0 aliphatic rings. The average Bonchev–Trinajstić information content (AvgIpc) is 2.89. The Hall–Kier alpha value is -2.95. The van der Waals surface area contributed by atoms with E-state index in [-0.39, 0.29) is 0 Å². The number of aromatic nitrogens is 3. The molecule has 1 N–H and O–H groups in total. The van der Waals surface area contributed by atoms with E-state index in [1.54, 1.807) is 23.2 Å². The van der Waals surface area contributed by atoms with Crippen molar-refractivity contribution in [2.45, 2.75) is 0 Å². The number of carbonyl (C=O) groups is 1. The molecular formula is C15H11N3O2. The van der Waals surface area contributed by atoms with Crippen LogP contribution in [-0.2, 0) is 4.79 Å². The third-order valence-electron chi connectivity index (χ3n) is 2.91. The fourth-order valence-electron chi connectivity index (χ4n) is 2.06. The molecule has 3 rings (SSSR count). The van der Waals surface area contributed by atoms with Gasteiger partial charge in [-0.1, -0.05) is 30.3 Å². The number of fused-ring (bicyclic) bond motifs is 1. The highest BCUT2D eigenvalue weighted by atomic mass is 16.4. The lowest BCUT2D eigenvalue weighted by atomic mass is 10.1. The molecule has 20 heavy (non-hydrogen) atoms. The van der Waals surface area contributed by atoms with Gasteiger partial charge >= 0.3 is 5.97 Å². The zero-order valence-electron chi connectivity index (χ0n) is 10.5. The number of hydrogen-bond acceptors (Lipinski definition) is 3. The molecule has 0 unspecified atom stereocenters. The Morgan fingerprint density at radius 3 is 2.65 bits per heavy atom. The molecule has 0 saturated heterocycles. The van der Waals surface area contributed by atoms with E-state index in [1.807, 2.05) is 36.4 Å². The molecule has 0 radical (unpaired) electrons. The second-order valence-corrected chi connectivity index (χ2v) is 4.19. The summed E-state index contributed by atoms with van der Waals surface area (Å²) in [5.74, 6) is -1.01. The Bertz CT molecular complexity index is 791. The molecule has 0 fully saturated rings. The highest BCUT2D eigenvalue weighted by Gasteiger charge is 2.10. The first kappa shape index (κ1) is 12.1. The van der Waals surface area contributed by atoms with E-state index in [0.29, 0.717) is 11.3 Å². The minimum atomic E-state index is -1.01. The number of pyridine rings is 1. The molecule has 2 heterocycles. The van der Waals surface area contributed by atoms with Crippen LogP contribution in [0.1, 0.15) is 5.56 Å². The first-order valence-corrected chi connectivity index (χ1v) is 6.04. The predicted molar refractivity (Wildman–Crippen MR) is 75.0 cm³/mol. The Labute approximate surface area is 114 Å². The first-order chi connectivity index (χ1) is 9.75. The highest BCUT2D eigenvalue weighted by molar-refractivity contribution is 5.92. The fourth-order valence-corrected chi connectivity index (χ4v) is 2.06. The topological polar surface area (TPSA) is 68.0 Å². The Morgan fingerprint density at radius 1 is 1.10 bits per heavy atom. The van der Waals surface area contributed by atoms with Gasteiger partial charge in [-0.2, -0.15) is 0 Å². The second kappa shape index (κ2) is 4.97. The number of rotatable bonds is 3. The molecule has 0 bridgehead atoms.